The van der Waals surface area contributed by atoms with Crippen LogP contribution in [0.1, 0.15) is 11.3 Å². The Hall–Kier alpha value is -3.48. The second-order valence-corrected chi connectivity index (χ2v) is 6.11. The second kappa shape index (κ2) is 7.41. The number of hydrogen-bond acceptors (Lipinski definition) is 7. The predicted octanol–water partition coefficient (Wildman–Crippen LogP) is 3.88. The summed E-state index contributed by atoms with van der Waals surface area (Å²) in [5, 5.41) is 6.54. The average molecular weight is 364 g/mol. The van der Waals surface area contributed by atoms with Gasteiger partial charge in [0.15, 0.2) is 11.5 Å². The van der Waals surface area contributed by atoms with E-state index in [0.717, 1.165) is 34.3 Å². The number of rotatable bonds is 6. The van der Waals surface area contributed by atoms with Gasteiger partial charge in [0.2, 0.25) is 12.7 Å². The van der Waals surface area contributed by atoms with E-state index in [2.05, 4.69) is 20.6 Å². The van der Waals surface area contributed by atoms with Gasteiger partial charge in [-0.05, 0) is 36.8 Å². The summed E-state index contributed by atoms with van der Waals surface area (Å²) < 4.78 is 15.9. The summed E-state index contributed by atoms with van der Waals surface area (Å²) in [5.41, 5.74) is 2.84. The lowest BCUT2D eigenvalue weighted by Gasteiger charge is -2.11. The van der Waals surface area contributed by atoms with Gasteiger partial charge in [-0.3, -0.25) is 0 Å². The lowest BCUT2D eigenvalue weighted by atomic mass is 10.2. The highest BCUT2D eigenvalue weighted by Gasteiger charge is 2.13. The number of nitrogens with one attached hydrogen (secondary N) is 2. The monoisotopic (exact) mass is 364 g/mol. The highest BCUT2D eigenvalue weighted by atomic mass is 16.7. The fourth-order valence-electron chi connectivity index (χ4n) is 2.75. The highest BCUT2D eigenvalue weighted by Crippen LogP contribution is 2.34. The molecule has 0 saturated heterocycles. The maximum atomic E-state index is 5.40. The van der Waals surface area contributed by atoms with E-state index in [4.69, 9.17) is 14.2 Å². The van der Waals surface area contributed by atoms with Crippen LogP contribution in [0.2, 0.25) is 0 Å². The standard InChI is InChI=1S/C20H20N4O3/c1-13-9-19(21-11-14-3-6-16(25-2)7-4-14)24-20(22-13)23-15-5-8-17-18(10-15)27-12-26-17/h3-10H,11-12H2,1-2H3,(H2,21,22,23,24). The van der Waals surface area contributed by atoms with E-state index < -0.39 is 0 Å². The van der Waals surface area contributed by atoms with E-state index in [1.165, 1.54) is 0 Å². The Kier molecular flexibility index (Phi) is 4.65. The van der Waals surface area contributed by atoms with E-state index in [1.54, 1.807) is 7.11 Å². The first-order chi connectivity index (χ1) is 13.2. The van der Waals surface area contributed by atoms with Crippen molar-refractivity contribution in [1.29, 1.82) is 0 Å². The lowest BCUT2D eigenvalue weighted by Crippen LogP contribution is -2.05. The molecule has 2 aromatic carbocycles. The van der Waals surface area contributed by atoms with Gasteiger partial charge in [0.25, 0.3) is 0 Å². The zero-order chi connectivity index (χ0) is 18.6. The van der Waals surface area contributed by atoms with Gasteiger partial charge in [0.05, 0.1) is 7.11 Å². The number of anilines is 3. The van der Waals surface area contributed by atoms with Crippen LogP contribution in [0.4, 0.5) is 17.5 Å². The van der Waals surface area contributed by atoms with Crippen LogP contribution in [-0.2, 0) is 6.54 Å². The number of aryl methyl sites for hydroxylation is 1. The SMILES string of the molecule is COc1ccc(CNc2cc(C)nc(Nc3ccc4c(c3)OCO4)n2)cc1. The second-order valence-electron chi connectivity index (χ2n) is 6.11. The van der Waals surface area contributed by atoms with Crippen LogP contribution in [0.15, 0.2) is 48.5 Å². The first-order valence-electron chi connectivity index (χ1n) is 8.59. The number of methoxy groups -OCH3 is 1. The van der Waals surface area contributed by atoms with Crippen LogP contribution in [0.5, 0.6) is 17.2 Å². The molecule has 2 heterocycles. The van der Waals surface area contributed by atoms with Crippen molar-refractivity contribution in [1.82, 2.24) is 9.97 Å². The average Bonchev–Trinajstić information content (AvgIpc) is 3.14. The van der Waals surface area contributed by atoms with Gasteiger partial charge in [-0.25, -0.2) is 4.98 Å². The molecule has 1 aromatic heterocycles. The zero-order valence-corrected chi connectivity index (χ0v) is 15.2. The topological polar surface area (TPSA) is 77.5 Å². The molecule has 27 heavy (non-hydrogen) atoms. The fraction of sp³-hybridized carbons (Fsp3) is 0.200. The molecule has 7 heteroatoms. The molecule has 0 amide bonds. The molecular formula is C20H20N4O3. The lowest BCUT2D eigenvalue weighted by molar-refractivity contribution is 0.174. The van der Waals surface area contributed by atoms with E-state index in [0.29, 0.717) is 18.2 Å². The van der Waals surface area contributed by atoms with Gasteiger partial charge in [0.1, 0.15) is 11.6 Å². The minimum absolute atomic E-state index is 0.249. The Balaban J connectivity index is 1.46. The van der Waals surface area contributed by atoms with Gasteiger partial charge in [0, 0.05) is 30.1 Å². The molecule has 1 aliphatic heterocycles. The first-order valence-corrected chi connectivity index (χ1v) is 8.59. The van der Waals surface area contributed by atoms with Crippen molar-refractivity contribution < 1.29 is 14.2 Å². The predicted molar refractivity (Wildman–Crippen MR) is 103 cm³/mol. The fourth-order valence-corrected chi connectivity index (χ4v) is 2.75. The summed E-state index contributed by atoms with van der Waals surface area (Å²) in [6.07, 6.45) is 0. The summed E-state index contributed by atoms with van der Waals surface area (Å²) in [5.74, 6) is 3.57. The number of nitrogens with zero attached hydrogens (tertiary/aromatic N) is 2. The third-order valence-electron chi connectivity index (χ3n) is 4.12. The van der Waals surface area contributed by atoms with Crippen molar-refractivity contribution in [3.05, 3.63) is 59.8 Å². The Labute approximate surface area is 157 Å². The molecule has 0 radical (unpaired) electrons. The molecule has 7 nitrogen and oxygen atoms in total. The van der Waals surface area contributed by atoms with Crippen LogP contribution in [0.3, 0.4) is 0 Å². The summed E-state index contributed by atoms with van der Waals surface area (Å²) in [6, 6.07) is 15.5. The number of aromatic nitrogens is 2. The van der Waals surface area contributed by atoms with Crippen molar-refractivity contribution in [2.24, 2.45) is 0 Å². The maximum Gasteiger partial charge on any atom is 0.231 e. The summed E-state index contributed by atoms with van der Waals surface area (Å²) in [6.45, 7) is 2.84. The smallest absolute Gasteiger partial charge is 0.231 e. The Morgan fingerprint density at radius 1 is 1.00 bits per heavy atom. The number of hydrogen-bond donors (Lipinski definition) is 2. The van der Waals surface area contributed by atoms with Crippen molar-refractivity contribution in [2.75, 3.05) is 24.5 Å². The highest BCUT2D eigenvalue weighted by molar-refractivity contribution is 5.61. The van der Waals surface area contributed by atoms with E-state index in [-0.39, 0.29) is 6.79 Å². The molecule has 0 bridgehead atoms. The molecule has 0 fully saturated rings. The minimum Gasteiger partial charge on any atom is -0.497 e. The normalized spacial score (nSPS) is 11.9. The Morgan fingerprint density at radius 3 is 2.63 bits per heavy atom. The van der Waals surface area contributed by atoms with Crippen molar-refractivity contribution in [2.45, 2.75) is 13.5 Å². The minimum atomic E-state index is 0.249. The van der Waals surface area contributed by atoms with Crippen molar-refractivity contribution in [3.8, 4) is 17.2 Å². The van der Waals surface area contributed by atoms with Crippen molar-refractivity contribution in [3.63, 3.8) is 0 Å². The van der Waals surface area contributed by atoms with E-state index in [1.807, 2.05) is 55.5 Å². The quantitative estimate of drug-likeness (QED) is 0.687. The van der Waals surface area contributed by atoms with Crippen LogP contribution in [0, 0.1) is 6.92 Å². The number of ether oxygens (including phenoxy) is 3. The summed E-state index contributed by atoms with van der Waals surface area (Å²) in [7, 11) is 1.66. The Morgan fingerprint density at radius 2 is 1.81 bits per heavy atom. The van der Waals surface area contributed by atoms with Gasteiger partial charge in [-0.15, -0.1) is 0 Å². The van der Waals surface area contributed by atoms with Crippen molar-refractivity contribution >= 4 is 17.5 Å². The largest absolute Gasteiger partial charge is 0.497 e. The molecule has 138 valence electrons. The maximum absolute atomic E-state index is 5.40. The third-order valence-corrected chi connectivity index (χ3v) is 4.12. The summed E-state index contributed by atoms with van der Waals surface area (Å²) in [4.78, 5) is 8.99. The third kappa shape index (κ3) is 4.03. The summed E-state index contributed by atoms with van der Waals surface area (Å²) >= 11 is 0. The molecule has 0 saturated carbocycles. The molecule has 0 spiro atoms. The number of fused-ring (bicyclic) bond motifs is 1. The first kappa shape index (κ1) is 17.0. The van der Waals surface area contributed by atoms with Crippen LogP contribution in [0.25, 0.3) is 0 Å². The molecule has 0 atom stereocenters. The Bertz CT molecular complexity index is 944. The molecule has 0 unspecified atom stereocenters. The van der Waals surface area contributed by atoms with Gasteiger partial charge < -0.3 is 24.8 Å². The van der Waals surface area contributed by atoms with E-state index >= 15 is 0 Å². The number of benzene rings is 2. The molecule has 4 rings (SSSR count). The zero-order valence-electron chi connectivity index (χ0n) is 15.2. The van der Waals surface area contributed by atoms with Gasteiger partial charge >= 0.3 is 0 Å². The molecule has 2 N–H and O–H groups in total. The van der Waals surface area contributed by atoms with Crippen LogP contribution < -0.4 is 24.8 Å². The molecular weight excluding hydrogens is 344 g/mol. The molecule has 0 aliphatic carbocycles. The van der Waals surface area contributed by atoms with Crippen LogP contribution >= 0.6 is 0 Å². The molecule has 1 aliphatic rings. The van der Waals surface area contributed by atoms with Gasteiger partial charge in [-0.2, -0.15) is 4.98 Å². The van der Waals surface area contributed by atoms with E-state index in [9.17, 15) is 0 Å². The molecule has 3 aromatic rings. The van der Waals surface area contributed by atoms with Gasteiger partial charge in [-0.1, -0.05) is 12.1 Å². The van der Waals surface area contributed by atoms with Crippen LogP contribution in [-0.4, -0.2) is 23.9 Å².